The van der Waals surface area contributed by atoms with Crippen molar-refractivity contribution in [3.63, 3.8) is 0 Å². The minimum Gasteiger partial charge on any atom is -0.466 e. The van der Waals surface area contributed by atoms with Crippen LogP contribution in [0, 0.1) is 11.3 Å². The molecule has 0 saturated carbocycles. The van der Waals surface area contributed by atoms with Crippen LogP contribution in [0.25, 0.3) is 0 Å². The summed E-state index contributed by atoms with van der Waals surface area (Å²) < 4.78 is 15.7. The van der Waals surface area contributed by atoms with Crippen LogP contribution in [0.3, 0.4) is 0 Å². The average molecular weight is 362 g/mol. The van der Waals surface area contributed by atoms with E-state index in [1.54, 1.807) is 52.0 Å². The molecule has 0 bridgehead atoms. The van der Waals surface area contributed by atoms with Gasteiger partial charge in [-0.3, -0.25) is 4.79 Å². The normalized spacial score (nSPS) is 12.0. The Hall–Kier alpha value is -2.59. The van der Waals surface area contributed by atoms with Gasteiger partial charge in [0.15, 0.2) is 0 Å². The maximum atomic E-state index is 11.9. The molecule has 0 heterocycles. The van der Waals surface area contributed by atoms with Gasteiger partial charge in [-0.1, -0.05) is 12.1 Å². The fraction of sp³-hybridized carbons (Fsp3) is 0.526. The molecule has 0 unspecified atom stereocenters. The average Bonchev–Trinajstić information content (AvgIpc) is 2.53. The van der Waals surface area contributed by atoms with Crippen molar-refractivity contribution in [1.82, 2.24) is 5.32 Å². The maximum absolute atomic E-state index is 11.9. The molecule has 1 aromatic rings. The first-order valence-corrected chi connectivity index (χ1v) is 8.45. The van der Waals surface area contributed by atoms with Crippen molar-refractivity contribution in [3.8, 4) is 6.07 Å². The van der Waals surface area contributed by atoms with E-state index in [4.69, 9.17) is 19.5 Å². The SMILES string of the molecule is CCOC(=O)C[C@H](COCc1ccc(C#N)cc1)NC(=O)OC(C)(C)C. The number of nitrogens with zero attached hydrogens (tertiary/aromatic N) is 1. The van der Waals surface area contributed by atoms with Crippen LogP contribution in [-0.2, 0) is 25.6 Å². The first-order chi connectivity index (χ1) is 12.2. The lowest BCUT2D eigenvalue weighted by Crippen LogP contribution is -2.42. The molecule has 0 spiro atoms. The standard InChI is InChI=1S/C19H26N2O5/c1-5-25-17(22)10-16(21-18(23)26-19(2,3)4)13-24-12-15-8-6-14(11-20)7-9-15/h6-9,16H,5,10,12-13H2,1-4H3,(H,21,23)/t16-/m1/s1. The predicted octanol–water partition coefficient (Wildman–Crippen LogP) is 2.92. The van der Waals surface area contributed by atoms with Crippen LogP contribution in [0.15, 0.2) is 24.3 Å². The summed E-state index contributed by atoms with van der Waals surface area (Å²) in [5.74, 6) is -0.421. The van der Waals surface area contributed by atoms with E-state index in [1.165, 1.54) is 0 Å². The van der Waals surface area contributed by atoms with Crippen LogP contribution < -0.4 is 5.32 Å². The molecule has 7 nitrogen and oxygen atoms in total. The number of nitrogens with one attached hydrogen (secondary N) is 1. The topological polar surface area (TPSA) is 97.6 Å². The number of hydrogen-bond acceptors (Lipinski definition) is 6. The summed E-state index contributed by atoms with van der Waals surface area (Å²) in [6.07, 6.45) is -0.630. The summed E-state index contributed by atoms with van der Waals surface area (Å²) in [6, 6.07) is 8.47. The van der Waals surface area contributed by atoms with Gasteiger partial charge < -0.3 is 19.5 Å². The fourth-order valence-electron chi connectivity index (χ4n) is 2.04. The van der Waals surface area contributed by atoms with Gasteiger partial charge in [0.2, 0.25) is 0 Å². The molecule has 1 atom stereocenters. The number of nitriles is 1. The largest absolute Gasteiger partial charge is 0.466 e. The molecular weight excluding hydrogens is 336 g/mol. The van der Waals surface area contributed by atoms with Crippen molar-refractivity contribution in [2.45, 2.75) is 52.4 Å². The van der Waals surface area contributed by atoms with Gasteiger partial charge in [-0.05, 0) is 45.4 Å². The quantitative estimate of drug-likeness (QED) is 0.714. The van der Waals surface area contributed by atoms with Gasteiger partial charge in [0.1, 0.15) is 5.60 Å². The molecule has 0 aliphatic rings. The second-order valence-corrected chi connectivity index (χ2v) is 6.68. The summed E-state index contributed by atoms with van der Waals surface area (Å²) in [4.78, 5) is 23.7. The highest BCUT2D eigenvalue weighted by atomic mass is 16.6. The summed E-state index contributed by atoms with van der Waals surface area (Å²) in [5, 5.41) is 11.4. The highest BCUT2D eigenvalue weighted by Crippen LogP contribution is 2.09. The zero-order chi connectivity index (χ0) is 19.6. The summed E-state index contributed by atoms with van der Waals surface area (Å²) >= 11 is 0. The third kappa shape index (κ3) is 9.04. The molecule has 0 fully saturated rings. The Morgan fingerprint density at radius 1 is 1.23 bits per heavy atom. The number of alkyl carbamates (subject to hydrolysis) is 1. The van der Waals surface area contributed by atoms with E-state index >= 15 is 0 Å². The van der Waals surface area contributed by atoms with E-state index in [1.807, 2.05) is 6.07 Å². The summed E-state index contributed by atoms with van der Waals surface area (Å²) in [6.45, 7) is 7.68. The van der Waals surface area contributed by atoms with Gasteiger partial charge in [0.05, 0.1) is 43.9 Å². The molecule has 26 heavy (non-hydrogen) atoms. The molecule has 1 N–H and O–H groups in total. The van der Waals surface area contributed by atoms with Crippen molar-refractivity contribution < 1.29 is 23.8 Å². The fourth-order valence-corrected chi connectivity index (χ4v) is 2.04. The van der Waals surface area contributed by atoms with Crippen molar-refractivity contribution in [2.75, 3.05) is 13.2 Å². The zero-order valence-corrected chi connectivity index (χ0v) is 15.7. The number of carbonyl (C=O) groups is 2. The van der Waals surface area contributed by atoms with Crippen LogP contribution in [0.4, 0.5) is 4.79 Å². The molecule has 1 aromatic carbocycles. The highest BCUT2D eigenvalue weighted by Gasteiger charge is 2.22. The van der Waals surface area contributed by atoms with Gasteiger partial charge in [0.25, 0.3) is 0 Å². The lowest BCUT2D eigenvalue weighted by Gasteiger charge is -2.23. The van der Waals surface area contributed by atoms with Gasteiger partial charge in [-0.25, -0.2) is 4.79 Å². The van der Waals surface area contributed by atoms with Gasteiger partial charge >= 0.3 is 12.1 Å². The Morgan fingerprint density at radius 3 is 2.42 bits per heavy atom. The Balaban J connectivity index is 2.58. The smallest absolute Gasteiger partial charge is 0.407 e. The van der Waals surface area contributed by atoms with E-state index in [-0.39, 0.29) is 19.6 Å². The summed E-state index contributed by atoms with van der Waals surface area (Å²) in [5.41, 5.74) is 0.818. The first kappa shape index (κ1) is 21.5. The van der Waals surface area contributed by atoms with E-state index in [0.29, 0.717) is 12.2 Å². The van der Waals surface area contributed by atoms with Crippen LogP contribution in [0.5, 0.6) is 0 Å². The number of carbonyl (C=O) groups excluding carboxylic acids is 2. The Kier molecular flexibility index (Phi) is 8.59. The molecule has 0 radical (unpaired) electrons. The van der Waals surface area contributed by atoms with Gasteiger partial charge in [-0.2, -0.15) is 5.26 Å². The van der Waals surface area contributed by atoms with Crippen molar-refractivity contribution in [3.05, 3.63) is 35.4 Å². The third-order valence-corrected chi connectivity index (χ3v) is 3.11. The van der Waals surface area contributed by atoms with Crippen molar-refractivity contribution in [2.24, 2.45) is 0 Å². The molecule has 7 heteroatoms. The zero-order valence-electron chi connectivity index (χ0n) is 15.7. The summed E-state index contributed by atoms with van der Waals surface area (Å²) in [7, 11) is 0. The maximum Gasteiger partial charge on any atom is 0.407 e. The molecular formula is C19H26N2O5. The molecule has 0 aromatic heterocycles. The van der Waals surface area contributed by atoms with Crippen LogP contribution in [0.1, 0.15) is 45.2 Å². The number of amides is 1. The van der Waals surface area contributed by atoms with Crippen LogP contribution in [0.2, 0.25) is 0 Å². The molecule has 0 saturated heterocycles. The Morgan fingerprint density at radius 2 is 1.88 bits per heavy atom. The van der Waals surface area contributed by atoms with Crippen LogP contribution in [-0.4, -0.2) is 36.9 Å². The predicted molar refractivity (Wildman–Crippen MR) is 95.2 cm³/mol. The minimum absolute atomic E-state index is 0.0134. The number of esters is 1. The van der Waals surface area contributed by atoms with E-state index in [2.05, 4.69) is 5.32 Å². The van der Waals surface area contributed by atoms with Gasteiger partial charge in [-0.15, -0.1) is 0 Å². The lowest BCUT2D eigenvalue weighted by molar-refractivity contribution is -0.144. The molecule has 1 amide bonds. The molecule has 1 rings (SSSR count). The van der Waals surface area contributed by atoms with Crippen molar-refractivity contribution >= 4 is 12.1 Å². The van der Waals surface area contributed by atoms with E-state index in [0.717, 1.165) is 5.56 Å². The van der Waals surface area contributed by atoms with Gasteiger partial charge in [0, 0.05) is 0 Å². The Labute approximate surface area is 154 Å². The van der Waals surface area contributed by atoms with Crippen LogP contribution >= 0.6 is 0 Å². The van der Waals surface area contributed by atoms with E-state index < -0.39 is 23.7 Å². The number of hydrogen-bond donors (Lipinski definition) is 1. The molecule has 142 valence electrons. The molecule has 0 aliphatic carbocycles. The molecule has 0 aliphatic heterocycles. The second-order valence-electron chi connectivity index (χ2n) is 6.68. The second kappa shape index (κ2) is 10.4. The highest BCUT2D eigenvalue weighted by molar-refractivity contribution is 5.72. The van der Waals surface area contributed by atoms with E-state index in [9.17, 15) is 9.59 Å². The number of benzene rings is 1. The third-order valence-electron chi connectivity index (χ3n) is 3.11. The first-order valence-electron chi connectivity index (χ1n) is 8.45. The number of rotatable bonds is 8. The monoisotopic (exact) mass is 362 g/mol. The Bertz CT molecular complexity index is 629. The lowest BCUT2D eigenvalue weighted by atomic mass is 10.1. The van der Waals surface area contributed by atoms with Crippen molar-refractivity contribution in [1.29, 1.82) is 5.26 Å². The number of ether oxygens (including phenoxy) is 3. The minimum atomic E-state index is -0.637.